The zero-order chi connectivity index (χ0) is 22.4. The van der Waals surface area contributed by atoms with Crippen molar-refractivity contribution < 1.29 is 15.0 Å². The molecule has 8 unspecified atom stereocenters. The van der Waals surface area contributed by atoms with E-state index in [4.69, 9.17) is 10.8 Å². The van der Waals surface area contributed by atoms with Crippen molar-refractivity contribution in [2.45, 2.75) is 97.1 Å². The summed E-state index contributed by atoms with van der Waals surface area (Å²) < 4.78 is 0. The van der Waals surface area contributed by atoms with Gasteiger partial charge in [0.2, 0.25) is 0 Å². The predicted molar refractivity (Wildman–Crippen MR) is 123 cm³/mol. The quantitative estimate of drug-likeness (QED) is 0.485. The van der Waals surface area contributed by atoms with Gasteiger partial charge in [-0.1, -0.05) is 20.8 Å². The van der Waals surface area contributed by atoms with E-state index in [-0.39, 0.29) is 17.9 Å². The van der Waals surface area contributed by atoms with Gasteiger partial charge in [-0.15, -0.1) is 0 Å². The lowest BCUT2D eigenvalue weighted by Crippen LogP contribution is -2.59. The number of carbonyl (C=O) groups is 1. The summed E-state index contributed by atoms with van der Waals surface area (Å²) in [6, 6.07) is 0.560. The number of aliphatic hydroxyl groups is 1. The van der Waals surface area contributed by atoms with E-state index in [1.165, 1.54) is 44.9 Å². The molecule has 0 saturated heterocycles. The molecule has 4 aliphatic carbocycles. The Hall–Kier alpha value is -0.650. The first-order valence-corrected chi connectivity index (χ1v) is 13.0. The van der Waals surface area contributed by atoms with Gasteiger partial charge in [-0.3, -0.25) is 4.79 Å². The molecule has 0 aliphatic heterocycles. The highest BCUT2D eigenvalue weighted by molar-refractivity contribution is 5.66. The lowest BCUT2D eigenvalue weighted by Gasteiger charge is -2.62. The van der Waals surface area contributed by atoms with Gasteiger partial charge >= 0.3 is 5.97 Å². The van der Waals surface area contributed by atoms with E-state index in [9.17, 15) is 9.90 Å². The number of aliphatic hydroxyl groups excluding tert-OH is 1. The maximum Gasteiger partial charge on any atom is 0.303 e. The largest absolute Gasteiger partial charge is 0.481 e. The van der Waals surface area contributed by atoms with Crippen LogP contribution in [0.25, 0.3) is 0 Å². The van der Waals surface area contributed by atoms with E-state index in [0.717, 1.165) is 19.4 Å². The summed E-state index contributed by atoms with van der Waals surface area (Å²) in [6.07, 6.45) is 10.5. The Labute approximate surface area is 188 Å². The third kappa shape index (κ3) is 4.08. The normalized spacial score (nSPS) is 47.8. The van der Waals surface area contributed by atoms with Crippen molar-refractivity contribution >= 4 is 5.97 Å². The molecule has 0 aromatic carbocycles. The zero-order valence-corrected chi connectivity index (χ0v) is 20.0. The third-order valence-corrected chi connectivity index (χ3v) is 10.8. The number of aliphatic carboxylic acids is 1. The minimum absolute atomic E-state index is 0.172. The van der Waals surface area contributed by atoms with E-state index >= 15 is 0 Å². The zero-order valence-electron chi connectivity index (χ0n) is 20.0. The minimum Gasteiger partial charge on any atom is -0.481 e. The van der Waals surface area contributed by atoms with Crippen molar-refractivity contribution in [3.63, 3.8) is 0 Å². The molecule has 4 saturated carbocycles. The monoisotopic (exact) mass is 434 g/mol. The highest BCUT2D eigenvalue weighted by Crippen LogP contribution is 2.68. The van der Waals surface area contributed by atoms with Crippen molar-refractivity contribution in [1.29, 1.82) is 0 Å². The van der Waals surface area contributed by atoms with Crippen LogP contribution in [0.15, 0.2) is 0 Å². The van der Waals surface area contributed by atoms with Crippen LogP contribution in [0, 0.1) is 46.3 Å². The summed E-state index contributed by atoms with van der Waals surface area (Å²) in [6.45, 7) is 8.89. The van der Waals surface area contributed by atoms with Gasteiger partial charge in [-0.2, -0.15) is 0 Å². The smallest absolute Gasteiger partial charge is 0.303 e. The summed E-state index contributed by atoms with van der Waals surface area (Å²) >= 11 is 0. The molecule has 178 valence electrons. The number of nitrogens with one attached hydrogen (secondary N) is 1. The topological polar surface area (TPSA) is 95.6 Å². The fourth-order valence-electron chi connectivity index (χ4n) is 9.22. The molecule has 0 heterocycles. The summed E-state index contributed by atoms with van der Waals surface area (Å²) in [5, 5.41) is 24.3. The number of nitrogens with two attached hydrogens (primary N) is 1. The average Bonchev–Trinajstić information content (AvgIpc) is 3.08. The summed E-state index contributed by atoms with van der Waals surface area (Å²) in [7, 11) is 0. The van der Waals surface area contributed by atoms with Crippen LogP contribution in [0.2, 0.25) is 0 Å². The Kier molecular flexibility index (Phi) is 6.78. The van der Waals surface area contributed by atoms with Crippen molar-refractivity contribution in [2.75, 3.05) is 13.1 Å². The van der Waals surface area contributed by atoms with Crippen LogP contribution < -0.4 is 11.1 Å². The van der Waals surface area contributed by atoms with Gasteiger partial charge in [0.05, 0.1) is 6.10 Å². The van der Waals surface area contributed by atoms with Crippen molar-refractivity contribution in [1.82, 2.24) is 5.32 Å². The molecule has 5 N–H and O–H groups in total. The number of hydrogen-bond acceptors (Lipinski definition) is 4. The summed E-state index contributed by atoms with van der Waals surface area (Å²) in [5.41, 5.74) is 6.34. The molecule has 0 radical (unpaired) electrons. The fraction of sp³-hybridized carbons (Fsp3) is 0.962. The van der Waals surface area contributed by atoms with Crippen LogP contribution in [0.3, 0.4) is 0 Å². The van der Waals surface area contributed by atoms with Crippen LogP contribution >= 0.6 is 0 Å². The van der Waals surface area contributed by atoms with Crippen LogP contribution in [-0.2, 0) is 4.79 Å². The van der Waals surface area contributed by atoms with Crippen LogP contribution in [0.4, 0.5) is 0 Å². The Morgan fingerprint density at radius 2 is 1.81 bits per heavy atom. The Morgan fingerprint density at radius 3 is 2.52 bits per heavy atom. The maximum absolute atomic E-state index is 11.5. The van der Waals surface area contributed by atoms with E-state index in [1.807, 2.05) is 0 Å². The summed E-state index contributed by atoms with van der Waals surface area (Å²) in [5.74, 6) is 2.68. The van der Waals surface area contributed by atoms with E-state index in [0.29, 0.717) is 53.5 Å². The molecule has 5 heteroatoms. The minimum atomic E-state index is -0.673. The lowest BCUT2D eigenvalue weighted by molar-refractivity contribution is -0.167. The predicted octanol–water partition coefficient (Wildman–Crippen LogP) is 4.03. The molecule has 10 atom stereocenters. The van der Waals surface area contributed by atoms with Gasteiger partial charge in [0.25, 0.3) is 0 Å². The van der Waals surface area contributed by atoms with Gasteiger partial charge in [-0.05, 0) is 104 Å². The Balaban J connectivity index is 1.50. The Bertz CT molecular complexity index is 657. The number of hydrogen-bond donors (Lipinski definition) is 4. The molecule has 5 nitrogen and oxygen atoms in total. The molecule has 0 spiro atoms. The van der Waals surface area contributed by atoms with Gasteiger partial charge in [0.1, 0.15) is 0 Å². The first-order chi connectivity index (χ1) is 14.7. The molecular weight excluding hydrogens is 388 g/mol. The average molecular weight is 435 g/mol. The number of rotatable bonds is 7. The number of carboxylic acid groups (broad SMARTS) is 1. The van der Waals surface area contributed by atoms with E-state index < -0.39 is 5.97 Å². The molecule has 0 aromatic rings. The summed E-state index contributed by atoms with van der Waals surface area (Å²) in [4.78, 5) is 11.1. The first kappa shape index (κ1) is 23.5. The van der Waals surface area contributed by atoms with E-state index in [2.05, 4.69) is 26.1 Å². The molecule has 0 amide bonds. The molecule has 31 heavy (non-hydrogen) atoms. The fourth-order valence-corrected chi connectivity index (χ4v) is 9.22. The van der Waals surface area contributed by atoms with Gasteiger partial charge in [0.15, 0.2) is 0 Å². The Morgan fingerprint density at radius 1 is 1.10 bits per heavy atom. The van der Waals surface area contributed by atoms with Gasteiger partial charge in [0, 0.05) is 25.6 Å². The molecule has 4 rings (SSSR count). The third-order valence-electron chi connectivity index (χ3n) is 10.8. The maximum atomic E-state index is 11.5. The molecule has 0 bridgehead atoms. The second-order valence-corrected chi connectivity index (χ2v) is 12.1. The standard InChI is InChI=1S/C26H46N2O3/c1-16(4-7-23(30)31)19-5-6-20-24-21(9-11-26(19,20)3)25(2)10-8-18(28-13-12-27)14-17(25)15-22(24)29/h16-22,24,28-29H,4-15,27H2,1-3H3,(H,30,31)/t16?,17?,18-,19?,20?,21?,22-,24?,25?,26?/m1/s1. The van der Waals surface area contributed by atoms with Crippen molar-refractivity contribution in [3.05, 3.63) is 0 Å². The molecular formula is C26H46N2O3. The number of fused-ring (bicyclic) bond motifs is 5. The van der Waals surface area contributed by atoms with Gasteiger partial charge in [-0.25, -0.2) is 0 Å². The van der Waals surface area contributed by atoms with Crippen LogP contribution in [0.1, 0.15) is 85.0 Å². The second-order valence-electron chi connectivity index (χ2n) is 12.1. The van der Waals surface area contributed by atoms with Crippen molar-refractivity contribution in [2.24, 2.45) is 52.1 Å². The van der Waals surface area contributed by atoms with Crippen molar-refractivity contribution in [3.8, 4) is 0 Å². The highest BCUT2D eigenvalue weighted by Gasteiger charge is 2.62. The second kappa shape index (κ2) is 8.95. The van der Waals surface area contributed by atoms with E-state index in [1.54, 1.807) is 0 Å². The van der Waals surface area contributed by atoms with Gasteiger partial charge < -0.3 is 21.3 Å². The van der Waals surface area contributed by atoms with Crippen LogP contribution in [-0.4, -0.2) is 41.4 Å². The lowest BCUT2D eigenvalue weighted by atomic mass is 9.43. The van der Waals surface area contributed by atoms with Crippen LogP contribution in [0.5, 0.6) is 0 Å². The SMILES string of the molecule is CC(CCC(=O)O)C1CCC2C3C(CCC12C)C1(C)CC[C@@H](NCCN)CC1C[C@H]3O. The molecule has 4 aliphatic rings. The molecule has 0 aromatic heterocycles. The first-order valence-electron chi connectivity index (χ1n) is 13.0. The highest BCUT2D eigenvalue weighted by atomic mass is 16.4. The molecule has 4 fully saturated rings. The number of carboxylic acids is 1.